The number of carbonyl (C=O) groups excluding carboxylic acids is 1. The lowest BCUT2D eigenvalue weighted by molar-refractivity contribution is -0.306. The predicted molar refractivity (Wildman–Crippen MR) is 25.9 cm³/mol. The van der Waals surface area contributed by atoms with E-state index in [1.165, 1.54) is 0 Å². The van der Waals surface area contributed by atoms with E-state index in [1.807, 2.05) is 5.32 Å². The first kappa shape index (κ1) is 8.35. The molecule has 0 spiro atoms. The Labute approximate surface area is 51.9 Å². The number of hydrogen-bond donors (Lipinski definition) is 3. The summed E-state index contributed by atoms with van der Waals surface area (Å²) in [6.45, 7) is 0.430. The minimum atomic E-state index is -2.14. The molecule has 0 aliphatic carbocycles. The van der Waals surface area contributed by atoms with Gasteiger partial charge in [-0.25, -0.2) is 0 Å². The van der Waals surface area contributed by atoms with E-state index in [1.54, 1.807) is 0 Å². The van der Waals surface area contributed by atoms with E-state index in [4.69, 9.17) is 10.2 Å². The number of aliphatic hydroxyl groups is 2. The van der Waals surface area contributed by atoms with Crippen LogP contribution in [0.25, 0.3) is 0 Å². The van der Waals surface area contributed by atoms with Gasteiger partial charge < -0.3 is 20.1 Å². The molecule has 54 valence electrons. The molecular formula is C4H8NO4-. The zero-order valence-corrected chi connectivity index (χ0v) is 4.92. The molecule has 0 heterocycles. The Morgan fingerprint density at radius 3 is 2.33 bits per heavy atom. The molecule has 0 radical (unpaired) electrons. The Hall–Kier alpha value is -0.650. The lowest BCUT2D eigenvalue weighted by Crippen LogP contribution is -2.47. The van der Waals surface area contributed by atoms with E-state index in [2.05, 4.69) is 0 Å². The highest BCUT2D eigenvalue weighted by Gasteiger charge is 2.11. The van der Waals surface area contributed by atoms with Crippen LogP contribution in [-0.4, -0.2) is 28.6 Å². The Kier molecular flexibility index (Phi) is 2.57. The summed E-state index contributed by atoms with van der Waals surface area (Å²) in [5.41, 5.74) is 0. The van der Waals surface area contributed by atoms with E-state index in [9.17, 15) is 9.90 Å². The summed E-state index contributed by atoms with van der Waals surface area (Å²) in [4.78, 5) is 9.65. The van der Waals surface area contributed by atoms with Crippen molar-refractivity contribution in [3.05, 3.63) is 0 Å². The van der Waals surface area contributed by atoms with Gasteiger partial charge in [0.25, 0.3) is 0 Å². The van der Waals surface area contributed by atoms with Gasteiger partial charge in [0, 0.05) is 13.5 Å². The molecule has 5 nitrogen and oxygen atoms in total. The summed E-state index contributed by atoms with van der Waals surface area (Å²) in [5, 5.41) is 28.4. The van der Waals surface area contributed by atoms with Crippen molar-refractivity contribution in [3.8, 4) is 0 Å². The molecule has 0 unspecified atom stereocenters. The van der Waals surface area contributed by atoms with Crippen molar-refractivity contribution >= 4 is 5.97 Å². The second kappa shape index (κ2) is 2.77. The average Bonchev–Trinajstić information content (AvgIpc) is 1.59. The van der Waals surface area contributed by atoms with Gasteiger partial charge in [-0.2, -0.15) is 0 Å². The number of rotatable bonds is 3. The Balaban J connectivity index is 3.39. The number of aliphatic carboxylic acids is 1. The van der Waals surface area contributed by atoms with Crippen LogP contribution in [-0.2, 0) is 4.79 Å². The molecule has 0 rings (SSSR count). The van der Waals surface area contributed by atoms with Crippen molar-refractivity contribution in [2.24, 2.45) is 0 Å². The molecular weight excluding hydrogens is 126 g/mol. The van der Waals surface area contributed by atoms with Crippen LogP contribution < -0.4 is 10.4 Å². The molecule has 0 aromatic carbocycles. The van der Waals surface area contributed by atoms with Crippen LogP contribution in [0.2, 0.25) is 0 Å². The number of carbonyl (C=O) groups is 1. The van der Waals surface area contributed by atoms with E-state index < -0.39 is 18.4 Å². The predicted octanol–water partition coefficient (Wildman–Crippen LogP) is -3.02. The fourth-order valence-corrected chi connectivity index (χ4v) is 0.240. The fraction of sp³-hybridized carbons (Fsp3) is 0.750. The van der Waals surface area contributed by atoms with Gasteiger partial charge in [0.2, 0.25) is 5.91 Å². The topological polar surface area (TPSA) is 92.6 Å². The first-order valence-corrected chi connectivity index (χ1v) is 2.31. The SMILES string of the molecule is CC(O)(O)NCC(=O)[O-]. The maximum Gasteiger partial charge on any atom is 0.219 e. The lowest BCUT2D eigenvalue weighted by Gasteiger charge is -2.17. The maximum atomic E-state index is 9.65. The van der Waals surface area contributed by atoms with Crippen LogP contribution in [0.1, 0.15) is 6.92 Å². The minimum absolute atomic E-state index is 0.580. The first-order chi connectivity index (χ1) is 3.92. The van der Waals surface area contributed by atoms with Gasteiger partial charge in [0.15, 0.2) is 0 Å². The third-order valence-corrected chi connectivity index (χ3v) is 0.568. The molecule has 0 bridgehead atoms. The van der Waals surface area contributed by atoms with Gasteiger partial charge in [0.1, 0.15) is 0 Å². The van der Waals surface area contributed by atoms with E-state index in [0.717, 1.165) is 6.92 Å². The summed E-state index contributed by atoms with van der Waals surface area (Å²) in [6.07, 6.45) is 0. The van der Waals surface area contributed by atoms with Crippen molar-refractivity contribution in [1.82, 2.24) is 5.32 Å². The molecule has 3 N–H and O–H groups in total. The fourth-order valence-electron chi connectivity index (χ4n) is 0.240. The highest BCUT2D eigenvalue weighted by molar-refractivity contribution is 5.66. The molecule has 0 fully saturated rings. The monoisotopic (exact) mass is 134 g/mol. The van der Waals surface area contributed by atoms with Crippen LogP contribution in [0.4, 0.5) is 0 Å². The zero-order chi connectivity index (χ0) is 7.49. The largest absolute Gasteiger partial charge is 0.549 e. The molecule has 0 saturated carbocycles. The summed E-state index contributed by atoms with van der Waals surface area (Å²) in [7, 11) is 0. The highest BCUT2D eigenvalue weighted by atomic mass is 16.5. The van der Waals surface area contributed by atoms with Gasteiger partial charge >= 0.3 is 0 Å². The summed E-state index contributed by atoms with van der Waals surface area (Å²) in [5.74, 6) is -3.52. The van der Waals surface area contributed by atoms with Gasteiger partial charge in [-0.15, -0.1) is 0 Å². The van der Waals surface area contributed by atoms with Gasteiger partial charge in [-0.1, -0.05) is 0 Å². The molecule has 0 atom stereocenters. The van der Waals surface area contributed by atoms with E-state index in [-0.39, 0.29) is 0 Å². The Bertz CT molecular complexity index is 106. The lowest BCUT2D eigenvalue weighted by atomic mass is 10.5. The standard InChI is InChI=1S/C4H9NO4/c1-4(8,9)5-2-3(6)7/h5,8-9H,2H2,1H3,(H,6,7)/p-1. The van der Waals surface area contributed by atoms with Gasteiger partial charge in [-0.3, -0.25) is 5.32 Å². The normalized spacial score (nSPS) is 11.4. The number of hydrogen-bond acceptors (Lipinski definition) is 5. The number of carboxylic acids is 1. The Morgan fingerprint density at radius 2 is 2.22 bits per heavy atom. The second-order valence-electron chi connectivity index (χ2n) is 1.75. The highest BCUT2D eigenvalue weighted by Crippen LogP contribution is 1.86. The molecule has 0 aliphatic rings. The van der Waals surface area contributed by atoms with Crippen molar-refractivity contribution in [2.45, 2.75) is 12.8 Å². The van der Waals surface area contributed by atoms with Crippen LogP contribution >= 0.6 is 0 Å². The third-order valence-electron chi connectivity index (χ3n) is 0.568. The molecule has 0 saturated heterocycles. The Morgan fingerprint density at radius 1 is 1.78 bits per heavy atom. The van der Waals surface area contributed by atoms with E-state index in [0.29, 0.717) is 0 Å². The van der Waals surface area contributed by atoms with E-state index >= 15 is 0 Å². The van der Waals surface area contributed by atoms with Gasteiger partial charge in [-0.05, 0) is 0 Å². The zero-order valence-electron chi connectivity index (χ0n) is 4.92. The van der Waals surface area contributed by atoms with Crippen LogP contribution in [0.15, 0.2) is 0 Å². The van der Waals surface area contributed by atoms with Crippen LogP contribution in [0.5, 0.6) is 0 Å². The number of nitrogens with one attached hydrogen (secondary N) is 1. The van der Waals surface area contributed by atoms with Crippen molar-refractivity contribution < 1.29 is 20.1 Å². The summed E-state index contributed by atoms with van der Waals surface area (Å²) < 4.78 is 0. The minimum Gasteiger partial charge on any atom is -0.549 e. The van der Waals surface area contributed by atoms with Crippen molar-refractivity contribution in [3.63, 3.8) is 0 Å². The average molecular weight is 134 g/mol. The maximum absolute atomic E-state index is 9.65. The molecule has 0 aromatic heterocycles. The summed E-state index contributed by atoms with van der Waals surface area (Å²) >= 11 is 0. The smallest absolute Gasteiger partial charge is 0.219 e. The molecule has 0 aliphatic heterocycles. The molecule has 5 heteroatoms. The molecule has 0 amide bonds. The van der Waals surface area contributed by atoms with Crippen molar-refractivity contribution in [1.29, 1.82) is 0 Å². The quantitative estimate of drug-likeness (QED) is 0.357. The molecule has 0 aromatic rings. The van der Waals surface area contributed by atoms with Crippen LogP contribution in [0, 0.1) is 0 Å². The number of carboxylic acid groups (broad SMARTS) is 1. The second-order valence-corrected chi connectivity index (χ2v) is 1.75. The van der Waals surface area contributed by atoms with Crippen LogP contribution in [0.3, 0.4) is 0 Å². The first-order valence-electron chi connectivity index (χ1n) is 2.31. The summed E-state index contributed by atoms with van der Waals surface area (Å²) in [6, 6.07) is 0. The third kappa shape index (κ3) is 7.35. The van der Waals surface area contributed by atoms with Crippen molar-refractivity contribution in [2.75, 3.05) is 6.54 Å². The molecule has 9 heavy (non-hydrogen) atoms. The van der Waals surface area contributed by atoms with Gasteiger partial charge in [0.05, 0.1) is 5.97 Å².